The first-order chi connectivity index (χ1) is 14.4. The van der Waals surface area contributed by atoms with Gasteiger partial charge in [0.05, 0.1) is 18.1 Å². The van der Waals surface area contributed by atoms with Gasteiger partial charge in [-0.2, -0.15) is 5.26 Å². The third kappa shape index (κ3) is 5.19. The maximum absolute atomic E-state index is 12.8. The number of aryl methyl sites for hydroxylation is 2. The molecule has 0 atom stereocenters. The lowest BCUT2D eigenvalue weighted by Gasteiger charge is -2.23. The molecule has 0 fully saturated rings. The van der Waals surface area contributed by atoms with Gasteiger partial charge in [0, 0.05) is 22.8 Å². The molecule has 0 saturated carbocycles. The van der Waals surface area contributed by atoms with E-state index in [1.54, 1.807) is 24.3 Å². The van der Waals surface area contributed by atoms with Gasteiger partial charge in [0.2, 0.25) is 0 Å². The van der Waals surface area contributed by atoms with Crippen LogP contribution in [0.1, 0.15) is 23.1 Å². The number of amides is 1. The van der Waals surface area contributed by atoms with Crippen molar-refractivity contribution in [2.75, 3.05) is 24.7 Å². The van der Waals surface area contributed by atoms with E-state index in [9.17, 15) is 9.59 Å². The Morgan fingerprint density at radius 3 is 2.63 bits per heavy atom. The third-order valence-electron chi connectivity index (χ3n) is 4.54. The molecular weight excluding hydrogens is 404 g/mol. The van der Waals surface area contributed by atoms with Gasteiger partial charge in [0.15, 0.2) is 6.61 Å². The Kier molecular flexibility index (Phi) is 6.76. The second-order valence-electron chi connectivity index (χ2n) is 7.02. The van der Waals surface area contributed by atoms with Crippen LogP contribution in [0, 0.1) is 25.2 Å². The zero-order valence-corrected chi connectivity index (χ0v) is 17.5. The number of halogens is 1. The number of anilines is 1. The number of nitriles is 1. The summed E-state index contributed by atoms with van der Waals surface area (Å²) in [5, 5.41) is 9.46. The highest BCUT2D eigenvalue weighted by atomic mass is 35.5. The van der Waals surface area contributed by atoms with Crippen molar-refractivity contribution in [3.05, 3.63) is 63.7 Å². The summed E-state index contributed by atoms with van der Waals surface area (Å²) in [6.07, 6.45) is 1.82. The molecule has 0 N–H and O–H groups in total. The molecule has 0 saturated heterocycles. The molecule has 1 heterocycles. The van der Waals surface area contributed by atoms with E-state index in [1.165, 1.54) is 4.90 Å². The molecule has 0 bridgehead atoms. The third-order valence-corrected chi connectivity index (χ3v) is 4.78. The number of ether oxygens (including phenoxy) is 2. The molecule has 30 heavy (non-hydrogen) atoms. The highest BCUT2D eigenvalue weighted by Gasteiger charge is 2.22. The van der Waals surface area contributed by atoms with Crippen molar-refractivity contribution in [3.63, 3.8) is 0 Å². The fourth-order valence-corrected chi connectivity index (χ4v) is 3.41. The topological polar surface area (TPSA) is 79.6 Å². The molecule has 1 aliphatic heterocycles. The predicted molar refractivity (Wildman–Crippen MR) is 114 cm³/mol. The summed E-state index contributed by atoms with van der Waals surface area (Å²) < 4.78 is 10.8. The van der Waals surface area contributed by atoms with Crippen molar-refractivity contribution in [1.29, 1.82) is 5.26 Å². The van der Waals surface area contributed by atoms with Gasteiger partial charge in [0.1, 0.15) is 12.4 Å². The number of nitrogens with zero attached hydrogens (tertiary/aromatic N) is 2. The minimum absolute atomic E-state index is 0.0525. The van der Waals surface area contributed by atoms with Crippen LogP contribution in [0.5, 0.6) is 5.75 Å². The maximum atomic E-state index is 12.8. The van der Waals surface area contributed by atoms with E-state index in [2.05, 4.69) is 0 Å². The first-order valence-electron chi connectivity index (χ1n) is 9.43. The standard InChI is InChI=1S/C23H21ClN2O4/c1-15-8-16(2)10-20(9-15)26(7-3-6-25)22(27)14-30-23(28)18-11-17-12-19(24)4-5-21(17)29-13-18/h4-5,8-12H,3,7,13-14H2,1-2H3. The van der Waals surface area contributed by atoms with Crippen molar-refractivity contribution in [2.24, 2.45) is 0 Å². The van der Waals surface area contributed by atoms with Crippen LogP contribution in [0.3, 0.4) is 0 Å². The van der Waals surface area contributed by atoms with E-state index >= 15 is 0 Å². The highest BCUT2D eigenvalue weighted by molar-refractivity contribution is 6.30. The number of carbonyl (C=O) groups is 2. The van der Waals surface area contributed by atoms with Crippen LogP contribution in [-0.4, -0.2) is 31.6 Å². The molecule has 0 radical (unpaired) electrons. The summed E-state index contributed by atoms with van der Waals surface area (Å²) in [5.74, 6) is -0.400. The summed E-state index contributed by atoms with van der Waals surface area (Å²) in [6.45, 7) is 3.70. The van der Waals surface area contributed by atoms with Crippen LogP contribution < -0.4 is 9.64 Å². The van der Waals surface area contributed by atoms with E-state index in [-0.39, 0.29) is 19.6 Å². The molecule has 0 spiro atoms. The van der Waals surface area contributed by atoms with Crippen molar-refractivity contribution < 1.29 is 19.1 Å². The lowest BCUT2D eigenvalue weighted by molar-refractivity contribution is -0.144. The number of benzene rings is 2. The lowest BCUT2D eigenvalue weighted by Crippen LogP contribution is -2.36. The van der Waals surface area contributed by atoms with Crippen LogP contribution in [0.25, 0.3) is 6.08 Å². The van der Waals surface area contributed by atoms with E-state index < -0.39 is 18.5 Å². The number of rotatable bonds is 6. The fourth-order valence-electron chi connectivity index (χ4n) is 3.23. The van der Waals surface area contributed by atoms with Gasteiger partial charge in [-0.25, -0.2) is 4.79 Å². The van der Waals surface area contributed by atoms with Gasteiger partial charge in [-0.05, 0) is 61.4 Å². The highest BCUT2D eigenvalue weighted by Crippen LogP contribution is 2.29. The quantitative estimate of drug-likeness (QED) is 0.648. The molecule has 2 aromatic carbocycles. The van der Waals surface area contributed by atoms with Crippen LogP contribution in [-0.2, 0) is 14.3 Å². The van der Waals surface area contributed by atoms with Crippen LogP contribution in [0.15, 0.2) is 42.0 Å². The fraction of sp³-hybridized carbons (Fsp3) is 0.261. The number of fused-ring (bicyclic) bond motifs is 1. The summed E-state index contributed by atoms with van der Waals surface area (Å²) >= 11 is 5.99. The van der Waals surface area contributed by atoms with Crippen LogP contribution in [0.4, 0.5) is 5.69 Å². The predicted octanol–water partition coefficient (Wildman–Crippen LogP) is 4.22. The van der Waals surface area contributed by atoms with E-state index in [0.29, 0.717) is 27.6 Å². The molecule has 7 heteroatoms. The monoisotopic (exact) mass is 424 g/mol. The van der Waals surface area contributed by atoms with Crippen molar-refractivity contribution >= 4 is 35.2 Å². The van der Waals surface area contributed by atoms with Gasteiger partial charge in [0.25, 0.3) is 5.91 Å². The Labute approximate surface area is 180 Å². The van der Waals surface area contributed by atoms with Gasteiger partial charge < -0.3 is 14.4 Å². The second-order valence-corrected chi connectivity index (χ2v) is 7.45. The van der Waals surface area contributed by atoms with Crippen molar-refractivity contribution in [2.45, 2.75) is 20.3 Å². The zero-order chi connectivity index (χ0) is 21.7. The van der Waals surface area contributed by atoms with Crippen LogP contribution in [0.2, 0.25) is 5.02 Å². The van der Waals surface area contributed by atoms with Gasteiger partial charge in [-0.3, -0.25) is 4.79 Å². The maximum Gasteiger partial charge on any atom is 0.338 e. The minimum Gasteiger partial charge on any atom is -0.488 e. The van der Waals surface area contributed by atoms with E-state index in [4.69, 9.17) is 26.3 Å². The van der Waals surface area contributed by atoms with Crippen molar-refractivity contribution in [3.8, 4) is 11.8 Å². The molecule has 0 aliphatic carbocycles. The molecule has 154 valence electrons. The summed E-state index contributed by atoms with van der Waals surface area (Å²) in [5.41, 5.74) is 3.65. The van der Waals surface area contributed by atoms with E-state index in [0.717, 1.165) is 11.1 Å². The van der Waals surface area contributed by atoms with Gasteiger partial charge in [-0.15, -0.1) is 0 Å². The molecule has 0 unspecified atom stereocenters. The number of hydrogen-bond acceptors (Lipinski definition) is 5. The molecule has 1 amide bonds. The summed E-state index contributed by atoms with van der Waals surface area (Å²) in [4.78, 5) is 26.7. The molecule has 3 rings (SSSR count). The Morgan fingerprint density at radius 1 is 1.20 bits per heavy atom. The smallest absolute Gasteiger partial charge is 0.338 e. The number of carbonyl (C=O) groups excluding carboxylic acids is 2. The molecule has 6 nitrogen and oxygen atoms in total. The Hall–Kier alpha value is -3.30. The second kappa shape index (κ2) is 9.47. The average Bonchev–Trinajstić information content (AvgIpc) is 2.71. The van der Waals surface area contributed by atoms with E-state index in [1.807, 2.05) is 38.1 Å². The number of esters is 1. The summed E-state index contributed by atoms with van der Waals surface area (Å²) in [6, 6.07) is 12.9. The number of hydrogen-bond donors (Lipinski definition) is 0. The molecular formula is C23H21ClN2O4. The Morgan fingerprint density at radius 2 is 1.93 bits per heavy atom. The first-order valence-corrected chi connectivity index (χ1v) is 9.81. The lowest BCUT2D eigenvalue weighted by atomic mass is 10.1. The molecule has 0 aromatic heterocycles. The first kappa shape index (κ1) is 21.4. The van der Waals surface area contributed by atoms with Crippen LogP contribution >= 0.6 is 11.6 Å². The SMILES string of the molecule is Cc1cc(C)cc(N(CCC#N)C(=O)COC(=O)C2=Cc3cc(Cl)ccc3OC2)c1. The largest absolute Gasteiger partial charge is 0.488 e. The normalized spacial score (nSPS) is 12.1. The zero-order valence-electron chi connectivity index (χ0n) is 16.8. The Bertz CT molecular complexity index is 1040. The van der Waals surface area contributed by atoms with Crippen molar-refractivity contribution in [1.82, 2.24) is 0 Å². The molecule has 2 aromatic rings. The summed E-state index contributed by atoms with van der Waals surface area (Å²) in [7, 11) is 0. The molecule has 1 aliphatic rings. The van der Waals surface area contributed by atoms with Gasteiger partial charge >= 0.3 is 5.97 Å². The minimum atomic E-state index is -0.630. The average molecular weight is 425 g/mol. The Balaban J connectivity index is 1.70. The van der Waals surface area contributed by atoms with Gasteiger partial charge in [-0.1, -0.05) is 17.7 Å².